The molecule has 0 heterocycles. The summed E-state index contributed by atoms with van der Waals surface area (Å²) in [4.78, 5) is 24.6. The van der Waals surface area contributed by atoms with Gasteiger partial charge in [0.15, 0.2) is 0 Å². The van der Waals surface area contributed by atoms with E-state index in [1.165, 1.54) is 0 Å². The molecule has 0 aromatic heterocycles. The summed E-state index contributed by atoms with van der Waals surface area (Å²) in [6, 6.07) is 8.96. The van der Waals surface area contributed by atoms with E-state index >= 15 is 0 Å². The van der Waals surface area contributed by atoms with Crippen LogP contribution in [-0.2, 0) is 9.59 Å². The van der Waals surface area contributed by atoms with Gasteiger partial charge in [0.05, 0.1) is 11.6 Å². The van der Waals surface area contributed by atoms with E-state index in [4.69, 9.17) is 5.26 Å². The van der Waals surface area contributed by atoms with Crippen molar-refractivity contribution in [2.75, 3.05) is 5.32 Å². The van der Waals surface area contributed by atoms with E-state index in [0.717, 1.165) is 12.8 Å². The first-order chi connectivity index (χ1) is 11.3. The Morgan fingerprint density at radius 2 is 1.67 bits per heavy atom. The maximum atomic E-state index is 12.4. The molecule has 1 aromatic carbocycles. The van der Waals surface area contributed by atoms with Crippen molar-refractivity contribution in [1.82, 2.24) is 5.32 Å². The number of nitrogens with one attached hydrogen (secondary N) is 2. The van der Waals surface area contributed by atoms with Crippen LogP contribution in [0.2, 0.25) is 0 Å². The van der Waals surface area contributed by atoms with E-state index < -0.39 is 0 Å². The molecule has 2 amide bonds. The van der Waals surface area contributed by atoms with E-state index in [-0.39, 0.29) is 29.2 Å². The fraction of sp³-hybridized carbons (Fsp3) is 0.526. The Bertz CT molecular complexity index is 647. The number of carbonyl (C=O) groups excluding carboxylic acids is 2. The fourth-order valence-electron chi connectivity index (χ4n) is 3.00. The van der Waals surface area contributed by atoms with Gasteiger partial charge in [-0.2, -0.15) is 5.26 Å². The standard InChI is InChI=1S/C19H25N3O2/c1-19(2,3)22-18(24)15-9-7-14(8-10-15)17(23)21-16-6-4-5-13(11-16)12-20/h4-6,11,14-15H,7-10H2,1-3H3,(H,21,23)(H,22,24). The lowest BCUT2D eigenvalue weighted by Crippen LogP contribution is -2.45. The zero-order valence-corrected chi connectivity index (χ0v) is 14.6. The quantitative estimate of drug-likeness (QED) is 0.894. The highest BCUT2D eigenvalue weighted by molar-refractivity contribution is 5.93. The number of amides is 2. The highest BCUT2D eigenvalue weighted by atomic mass is 16.2. The van der Waals surface area contributed by atoms with Gasteiger partial charge in [-0.25, -0.2) is 0 Å². The van der Waals surface area contributed by atoms with Crippen LogP contribution in [0.25, 0.3) is 0 Å². The molecule has 24 heavy (non-hydrogen) atoms. The molecule has 0 aliphatic heterocycles. The van der Waals surface area contributed by atoms with E-state index in [1.54, 1.807) is 24.3 Å². The third-order valence-electron chi connectivity index (χ3n) is 4.23. The summed E-state index contributed by atoms with van der Waals surface area (Å²) < 4.78 is 0. The van der Waals surface area contributed by atoms with Crippen molar-refractivity contribution in [3.63, 3.8) is 0 Å². The third kappa shape index (κ3) is 5.09. The number of benzene rings is 1. The Morgan fingerprint density at radius 3 is 2.21 bits per heavy atom. The Kier molecular flexibility index (Phi) is 5.61. The van der Waals surface area contributed by atoms with Crippen molar-refractivity contribution in [2.24, 2.45) is 11.8 Å². The Labute approximate surface area is 143 Å². The molecule has 0 spiro atoms. The summed E-state index contributed by atoms with van der Waals surface area (Å²) in [5.41, 5.74) is 0.943. The van der Waals surface area contributed by atoms with E-state index in [9.17, 15) is 9.59 Å². The maximum Gasteiger partial charge on any atom is 0.227 e. The molecule has 2 N–H and O–H groups in total. The van der Waals surface area contributed by atoms with Gasteiger partial charge in [-0.05, 0) is 64.7 Å². The zero-order valence-electron chi connectivity index (χ0n) is 14.6. The van der Waals surface area contributed by atoms with Gasteiger partial charge in [-0.15, -0.1) is 0 Å². The third-order valence-corrected chi connectivity index (χ3v) is 4.23. The van der Waals surface area contributed by atoms with Crippen LogP contribution in [0.3, 0.4) is 0 Å². The van der Waals surface area contributed by atoms with Crippen LogP contribution >= 0.6 is 0 Å². The average Bonchev–Trinajstić information content (AvgIpc) is 2.53. The SMILES string of the molecule is CC(C)(C)NC(=O)C1CCC(C(=O)Nc2cccc(C#N)c2)CC1. The second-order valence-corrected chi connectivity index (χ2v) is 7.47. The van der Waals surface area contributed by atoms with Crippen molar-refractivity contribution in [1.29, 1.82) is 5.26 Å². The van der Waals surface area contributed by atoms with Gasteiger partial charge in [0.25, 0.3) is 0 Å². The van der Waals surface area contributed by atoms with E-state index in [0.29, 0.717) is 24.1 Å². The first-order valence-corrected chi connectivity index (χ1v) is 8.41. The van der Waals surface area contributed by atoms with Crippen LogP contribution in [-0.4, -0.2) is 17.4 Å². The summed E-state index contributed by atoms with van der Waals surface area (Å²) in [5.74, 6) is -0.0209. The fourth-order valence-corrected chi connectivity index (χ4v) is 3.00. The van der Waals surface area contributed by atoms with Gasteiger partial charge in [-0.3, -0.25) is 9.59 Å². The molecule has 0 saturated heterocycles. The second kappa shape index (κ2) is 7.48. The van der Waals surface area contributed by atoms with Crippen molar-refractivity contribution in [2.45, 2.75) is 52.0 Å². The first-order valence-electron chi connectivity index (χ1n) is 8.41. The molecule has 1 saturated carbocycles. The number of anilines is 1. The minimum Gasteiger partial charge on any atom is -0.351 e. The van der Waals surface area contributed by atoms with Gasteiger partial charge in [0.2, 0.25) is 11.8 Å². The molecule has 1 aliphatic carbocycles. The molecule has 0 atom stereocenters. The molecule has 1 aliphatic rings. The van der Waals surface area contributed by atoms with Gasteiger partial charge >= 0.3 is 0 Å². The van der Waals surface area contributed by atoms with Crippen LogP contribution in [0.4, 0.5) is 5.69 Å². The van der Waals surface area contributed by atoms with Gasteiger partial charge in [0.1, 0.15) is 0 Å². The molecule has 1 aromatic rings. The normalized spacial score (nSPS) is 20.8. The number of rotatable bonds is 3. The number of carbonyl (C=O) groups is 2. The monoisotopic (exact) mass is 327 g/mol. The summed E-state index contributed by atoms with van der Waals surface area (Å²) >= 11 is 0. The van der Waals surface area contributed by atoms with Crippen molar-refractivity contribution < 1.29 is 9.59 Å². The van der Waals surface area contributed by atoms with E-state index in [1.807, 2.05) is 20.8 Å². The van der Waals surface area contributed by atoms with Crippen molar-refractivity contribution in [3.05, 3.63) is 29.8 Å². The smallest absolute Gasteiger partial charge is 0.227 e. The predicted octanol–water partition coefficient (Wildman–Crippen LogP) is 3.22. The van der Waals surface area contributed by atoms with Crippen LogP contribution in [0.15, 0.2) is 24.3 Å². The number of hydrogen-bond acceptors (Lipinski definition) is 3. The molecule has 1 fully saturated rings. The minimum absolute atomic E-state index is 0.00445. The maximum absolute atomic E-state index is 12.4. The molecule has 2 rings (SSSR count). The van der Waals surface area contributed by atoms with Gasteiger partial charge in [0, 0.05) is 23.1 Å². The van der Waals surface area contributed by atoms with Crippen molar-refractivity contribution >= 4 is 17.5 Å². The summed E-state index contributed by atoms with van der Waals surface area (Å²) in [5, 5.41) is 14.8. The molecule has 128 valence electrons. The van der Waals surface area contributed by atoms with Gasteiger partial charge in [-0.1, -0.05) is 6.07 Å². The van der Waals surface area contributed by atoms with Crippen LogP contribution in [0.5, 0.6) is 0 Å². The summed E-state index contributed by atoms with van der Waals surface area (Å²) in [7, 11) is 0. The zero-order chi connectivity index (χ0) is 17.7. The number of hydrogen-bond donors (Lipinski definition) is 2. The highest BCUT2D eigenvalue weighted by Gasteiger charge is 2.31. The summed E-state index contributed by atoms with van der Waals surface area (Å²) in [6.45, 7) is 5.91. The number of nitriles is 1. The lowest BCUT2D eigenvalue weighted by molar-refractivity contribution is -0.129. The lowest BCUT2D eigenvalue weighted by Gasteiger charge is -2.30. The molecule has 5 nitrogen and oxygen atoms in total. The Balaban J connectivity index is 1.86. The predicted molar refractivity (Wildman–Crippen MR) is 93.1 cm³/mol. The second-order valence-electron chi connectivity index (χ2n) is 7.47. The topological polar surface area (TPSA) is 82.0 Å². The average molecular weight is 327 g/mol. The molecule has 0 unspecified atom stereocenters. The highest BCUT2D eigenvalue weighted by Crippen LogP contribution is 2.30. The van der Waals surface area contributed by atoms with Crippen LogP contribution < -0.4 is 10.6 Å². The molecule has 0 radical (unpaired) electrons. The van der Waals surface area contributed by atoms with E-state index in [2.05, 4.69) is 16.7 Å². The van der Waals surface area contributed by atoms with Crippen LogP contribution in [0, 0.1) is 23.2 Å². The minimum atomic E-state index is -0.225. The Hall–Kier alpha value is -2.35. The number of nitrogens with zero attached hydrogens (tertiary/aromatic N) is 1. The molecule has 0 bridgehead atoms. The Morgan fingerprint density at radius 1 is 1.08 bits per heavy atom. The lowest BCUT2D eigenvalue weighted by atomic mass is 9.81. The largest absolute Gasteiger partial charge is 0.351 e. The molecular weight excluding hydrogens is 302 g/mol. The summed E-state index contributed by atoms with van der Waals surface area (Å²) in [6.07, 6.45) is 2.90. The molecular formula is C19H25N3O2. The van der Waals surface area contributed by atoms with Crippen molar-refractivity contribution in [3.8, 4) is 6.07 Å². The van der Waals surface area contributed by atoms with Gasteiger partial charge < -0.3 is 10.6 Å². The molecule has 5 heteroatoms. The first kappa shape index (κ1) is 18.0. The van der Waals surface area contributed by atoms with Crippen LogP contribution in [0.1, 0.15) is 52.0 Å².